The van der Waals surface area contributed by atoms with Gasteiger partial charge in [-0.15, -0.1) is 0 Å². The van der Waals surface area contributed by atoms with Crippen LogP contribution in [0.2, 0.25) is 5.02 Å². The van der Waals surface area contributed by atoms with Gasteiger partial charge in [0.05, 0.1) is 22.0 Å². The van der Waals surface area contributed by atoms with Gasteiger partial charge in [0.2, 0.25) is 10.0 Å². The molecule has 1 heterocycles. The van der Waals surface area contributed by atoms with Gasteiger partial charge >= 0.3 is 0 Å². The Hall–Kier alpha value is -1.77. The number of hydrogen-bond acceptors (Lipinski definition) is 4. The highest BCUT2D eigenvalue weighted by molar-refractivity contribution is 7.93. The number of hydrogen-bond donors (Lipinski definition) is 1. The number of aryl methyl sites for hydroxylation is 2. The number of nitrogens with zero attached hydrogens (tertiary/aromatic N) is 1. The molecule has 0 spiro atoms. The van der Waals surface area contributed by atoms with E-state index in [1.165, 1.54) is 10.4 Å². The molecule has 2 aromatic carbocycles. The van der Waals surface area contributed by atoms with Crippen molar-refractivity contribution in [2.75, 3.05) is 21.3 Å². The molecule has 0 aliphatic carbocycles. The molecule has 0 atom stereocenters. The van der Waals surface area contributed by atoms with Gasteiger partial charge in [0, 0.05) is 11.6 Å². The summed E-state index contributed by atoms with van der Waals surface area (Å²) in [6, 6.07) is 9.49. The van der Waals surface area contributed by atoms with Gasteiger partial charge < -0.3 is 0 Å². The van der Waals surface area contributed by atoms with Crippen LogP contribution < -0.4 is 9.03 Å². The highest BCUT2D eigenvalue weighted by Gasteiger charge is 2.27. The third kappa shape index (κ3) is 4.23. The third-order valence-corrected chi connectivity index (χ3v) is 8.15. The van der Waals surface area contributed by atoms with E-state index in [2.05, 4.69) is 4.72 Å². The van der Waals surface area contributed by atoms with E-state index < -0.39 is 20.0 Å². The van der Waals surface area contributed by atoms with E-state index in [0.29, 0.717) is 40.5 Å². The number of sulfonamides is 2. The Bertz CT molecular complexity index is 1080. The second kappa shape index (κ2) is 7.33. The Balaban J connectivity index is 1.93. The van der Waals surface area contributed by atoms with Crippen LogP contribution in [-0.4, -0.2) is 29.1 Å². The number of anilines is 2. The summed E-state index contributed by atoms with van der Waals surface area (Å²) >= 11 is 5.91. The van der Waals surface area contributed by atoms with Crippen LogP contribution in [0.15, 0.2) is 41.3 Å². The fourth-order valence-electron chi connectivity index (χ4n) is 3.11. The average molecular weight is 429 g/mol. The molecule has 0 bridgehead atoms. The maximum absolute atomic E-state index is 12.8. The molecule has 1 fully saturated rings. The van der Waals surface area contributed by atoms with Crippen LogP contribution in [0.3, 0.4) is 0 Å². The first kappa shape index (κ1) is 20.0. The summed E-state index contributed by atoms with van der Waals surface area (Å²) in [4.78, 5) is 0.106. The minimum atomic E-state index is -3.82. The molecule has 27 heavy (non-hydrogen) atoms. The number of rotatable bonds is 4. The van der Waals surface area contributed by atoms with Crippen molar-refractivity contribution in [1.82, 2.24) is 0 Å². The first-order valence-corrected chi connectivity index (χ1v) is 12.0. The lowest BCUT2D eigenvalue weighted by Gasteiger charge is -2.28. The molecule has 2 aromatic rings. The first-order chi connectivity index (χ1) is 12.6. The first-order valence-electron chi connectivity index (χ1n) is 8.50. The number of halogens is 1. The summed E-state index contributed by atoms with van der Waals surface area (Å²) in [5.74, 6) is 0.115. The van der Waals surface area contributed by atoms with Crippen molar-refractivity contribution >= 4 is 43.0 Å². The van der Waals surface area contributed by atoms with E-state index in [9.17, 15) is 16.8 Å². The van der Waals surface area contributed by atoms with Crippen LogP contribution >= 0.6 is 11.6 Å². The Morgan fingerprint density at radius 3 is 2.41 bits per heavy atom. The van der Waals surface area contributed by atoms with Gasteiger partial charge in [-0.2, -0.15) is 0 Å². The standard InChI is InChI=1S/C18H21ClN2O4S2/c1-13-11-15(19)5-7-17(13)20-27(24,25)18-8-6-16(12-14(18)2)21-9-3-4-10-26(21,22)23/h5-8,11-12,20H,3-4,9-10H2,1-2H3. The van der Waals surface area contributed by atoms with E-state index in [1.807, 2.05) is 0 Å². The Labute approximate surface area is 165 Å². The van der Waals surface area contributed by atoms with Crippen molar-refractivity contribution in [3.8, 4) is 0 Å². The van der Waals surface area contributed by atoms with Gasteiger partial charge in [-0.1, -0.05) is 11.6 Å². The topological polar surface area (TPSA) is 83.6 Å². The maximum Gasteiger partial charge on any atom is 0.262 e. The lowest BCUT2D eigenvalue weighted by atomic mass is 10.2. The molecule has 0 radical (unpaired) electrons. The molecule has 1 N–H and O–H groups in total. The monoisotopic (exact) mass is 428 g/mol. The predicted octanol–water partition coefficient (Wildman–Crippen LogP) is 3.69. The van der Waals surface area contributed by atoms with Crippen molar-refractivity contribution in [2.24, 2.45) is 0 Å². The van der Waals surface area contributed by atoms with E-state index in [4.69, 9.17) is 11.6 Å². The quantitative estimate of drug-likeness (QED) is 0.804. The second-order valence-electron chi connectivity index (χ2n) is 6.61. The minimum absolute atomic E-state index is 0.106. The summed E-state index contributed by atoms with van der Waals surface area (Å²) < 4.78 is 54.1. The zero-order valence-electron chi connectivity index (χ0n) is 15.1. The summed E-state index contributed by atoms with van der Waals surface area (Å²) in [5, 5.41) is 0.527. The summed E-state index contributed by atoms with van der Waals surface area (Å²) in [6.45, 7) is 3.83. The molecule has 1 saturated heterocycles. The van der Waals surface area contributed by atoms with Gasteiger partial charge in [0.15, 0.2) is 0 Å². The Morgan fingerprint density at radius 1 is 1.04 bits per heavy atom. The van der Waals surface area contributed by atoms with Crippen LogP contribution in [0, 0.1) is 13.8 Å². The van der Waals surface area contributed by atoms with Crippen LogP contribution in [0.5, 0.6) is 0 Å². The highest BCUT2D eigenvalue weighted by atomic mass is 35.5. The molecule has 9 heteroatoms. The average Bonchev–Trinajstić information content (AvgIpc) is 2.56. The lowest BCUT2D eigenvalue weighted by Crippen LogP contribution is -2.37. The molecule has 0 amide bonds. The summed E-state index contributed by atoms with van der Waals surface area (Å²) in [7, 11) is -7.16. The fraction of sp³-hybridized carbons (Fsp3) is 0.333. The van der Waals surface area contributed by atoms with E-state index >= 15 is 0 Å². The van der Waals surface area contributed by atoms with Gasteiger partial charge in [-0.3, -0.25) is 9.03 Å². The highest BCUT2D eigenvalue weighted by Crippen LogP contribution is 2.29. The largest absolute Gasteiger partial charge is 0.279 e. The zero-order valence-corrected chi connectivity index (χ0v) is 17.5. The lowest BCUT2D eigenvalue weighted by molar-refractivity contribution is 0.574. The van der Waals surface area contributed by atoms with Crippen molar-refractivity contribution in [1.29, 1.82) is 0 Å². The SMILES string of the molecule is Cc1cc(Cl)ccc1NS(=O)(=O)c1ccc(N2CCCCS2(=O)=O)cc1C. The zero-order chi connectivity index (χ0) is 19.8. The molecule has 0 aromatic heterocycles. The molecule has 3 rings (SSSR count). The molecular weight excluding hydrogens is 408 g/mol. The van der Waals surface area contributed by atoms with Crippen molar-refractivity contribution < 1.29 is 16.8 Å². The second-order valence-corrected chi connectivity index (χ2v) is 10.7. The van der Waals surface area contributed by atoms with Gasteiger partial charge in [0.1, 0.15) is 0 Å². The molecular formula is C18H21ClN2O4S2. The van der Waals surface area contributed by atoms with Gasteiger partial charge in [-0.25, -0.2) is 16.8 Å². The summed E-state index contributed by atoms with van der Waals surface area (Å²) in [5.41, 5.74) is 2.13. The Kier molecular flexibility index (Phi) is 5.42. The van der Waals surface area contributed by atoms with Crippen molar-refractivity contribution in [3.05, 3.63) is 52.5 Å². The molecule has 1 aliphatic rings. The van der Waals surface area contributed by atoms with Crippen LogP contribution in [0.1, 0.15) is 24.0 Å². The van der Waals surface area contributed by atoms with Crippen LogP contribution in [-0.2, 0) is 20.0 Å². The van der Waals surface area contributed by atoms with Crippen LogP contribution in [0.4, 0.5) is 11.4 Å². The van der Waals surface area contributed by atoms with Gasteiger partial charge in [0.25, 0.3) is 10.0 Å². The molecule has 146 valence electrons. The van der Waals surface area contributed by atoms with Gasteiger partial charge in [-0.05, 0) is 74.2 Å². The minimum Gasteiger partial charge on any atom is -0.279 e. The number of nitrogens with one attached hydrogen (secondary N) is 1. The third-order valence-electron chi connectivity index (χ3n) is 4.52. The van der Waals surface area contributed by atoms with E-state index in [-0.39, 0.29) is 10.6 Å². The molecule has 6 nitrogen and oxygen atoms in total. The molecule has 1 aliphatic heterocycles. The smallest absolute Gasteiger partial charge is 0.262 e. The molecule has 0 saturated carbocycles. The van der Waals surface area contributed by atoms with Crippen molar-refractivity contribution in [3.63, 3.8) is 0 Å². The molecule has 0 unspecified atom stereocenters. The Morgan fingerprint density at radius 2 is 1.78 bits per heavy atom. The van der Waals surface area contributed by atoms with E-state index in [0.717, 1.165) is 6.42 Å². The van der Waals surface area contributed by atoms with E-state index in [1.54, 1.807) is 44.2 Å². The predicted molar refractivity (Wildman–Crippen MR) is 109 cm³/mol. The normalized spacial score (nSPS) is 16.9. The maximum atomic E-state index is 12.8. The van der Waals surface area contributed by atoms with Crippen molar-refractivity contribution in [2.45, 2.75) is 31.6 Å². The number of benzene rings is 2. The van der Waals surface area contributed by atoms with Crippen LogP contribution in [0.25, 0.3) is 0 Å². The fourth-order valence-corrected chi connectivity index (χ4v) is 6.33. The summed E-state index contributed by atoms with van der Waals surface area (Å²) in [6.07, 6.45) is 1.43.